The number of anilines is 1. The van der Waals surface area contributed by atoms with Crippen LogP contribution in [0.15, 0.2) is 18.2 Å². The number of rotatable bonds is 3. The van der Waals surface area contributed by atoms with Crippen LogP contribution in [0.3, 0.4) is 0 Å². The highest BCUT2D eigenvalue weighted by Gasteiger charge is 2.04. The van der Waals surface area contributed by atoms with Gasteiger partial charge in [0.05, 0.1) is 5.69 Å². The molecule has 1 aromatic rings. The van der Waals surface area contributed by atoms with Gasteiger partial charge in [-0.3, -0.25) is 0 Å². The van der Waals surface area contributed by atoms with E-state index in [2.05, 4.69) is 0 Å². The molecule has 14 heavy (non-hydrogen) atoms. The lowest BCUT2D eigenvalue weighted by atomic mass is 10.1. The van der Waals surface area contributed by atoms with Crippen LogP contribution in [0, 0.1) is 11.6 Å². The van der Waals surface area contributed by atoms with Gasteiger partial charge >= 0.3 is 0 Å². The molecule has 0 heterocycles. The van der Waals surface area contributed by atoms with E-state index in [1.54, 1.807) is 6.08 Å². The van der Waals surface area contributed by atoms with E-state index in [0.717, 1.165) is 12.1 Å². The molecular formula is C10H10ClF2N. The van der Waals surface area contributed by atoms with E-state index in [4.69, 9.17) is 17.3 Å². The number of nitrogens with two attached hydrogens (primary N) is 1. The van der Waals surface area contributed by atoms with E-state index >= 15 is 0 Å². The SMILES string of the molecule is Nc1cc(F)c(C=CCCCl)cc1F. The first-order valence-electron chi connectivity index (χ1n) is 4.12. The topological polar surface area (TPSA) is 26.0 Å². The monoisotopic (exact) mass is 217 g/mol. The molecule has 76 valence electrons. The molecule has 0 aliphatic rings. The second-order valence-corrected chi connectivity index (χ2v) is 3.15. The Morgan fingerprint density at radius 3 is 2.64 bits per heavy atom. The number of hydrogen-bond donors (Lipinski definition) is 1. The van der Waals surface area contributed by atoms with Crippen LogP contribution in [-0.4, -0.2) is 5.88 Å². The molecule has 0 spiro atoms. The van der Waals surface area contributed by atoms with E-state index in [1.165, 1.54) is 6.08 Å². The molecule has 2 N–H and O–H groups in total. The van der Waals surface area contributed by atoms with Crippen molar-refractivity contribution in [3.63, 3.8) is 0 Å². The van der Waals surface area contributed by atoms with Crippen LogP contribution in [0.1, 0.15) is 12.0 Å². The molecule has 0 saturated carbocycles. The molecule has 0 aromatic heterocycles. The van der Waals surface area contributed by atoms with Gasteiger partial charge in [0.25, 0.3) is 0 Å². The third kappa shape index (κ3) is 2.70. The molecule has 0 fully saturated rings. The van der Waals surface area contributed by atoms with Gasteiger partial charge in [-0.05, 0) is 12.5 Å². The largest absolute Gasteiger partial charge is 0.396 e. The zero-order valence-corrected chi connectivity index (χ0v) is 8.19. The molecule has 0 saturated heterocycles. The Hall–Kier alpha value is -1.09. The molecule has 0 aliphatic carbocycles. The van der Waals surface area contributed by atoms with E-state index in [1.807, 2.05) is 0 Å². The van der Waals surface area contributed by atoms with E-state index in [9.17, 15) is 8.78 Å². The van der Waals surface area contributed by atoms with Gasteiger partial charge in [0.15, 0.2) is 0 Å². The molecule has 0 atom stereocenters. The summed E-state index contributed by atoms with van der Waals surface area (Å²) in [5.74, 6) is -0.693. The minimum Gasteiger partial charge on any atom is -0.396 e. The lowest BCUT2D eigenvalue weighted by molar-refractivity contribution is 0.602. The zero-order chi connectivity index (χ0) is 10.6. The molecule has 1 nitrogen and oxygen atoms in total. The van der Waals surface area contributed by atoms with Crippen molar-refractivity contribution in [3.05, 3.63) is 35.4 Å². The Morgan fingerprint density at radius 2 is 2.00 bits per heavy atom. The predicted molar refractivity (Wildman–Crippen MR) is 55.1 cm³/mol. The minimum absolute atomic E-state index is 0.182. The summed E-state index contributed by atoms with van der Waals surface area (Å²) in [6.45, 7) is 0. The molecule has 1 rings (SSSR count). The smallest absolute Gasteiger partial charge is 0.146 e. The van der Waals surface area contributed by atoms with Gasteiger partial charge in [-0.15, -0.1) is 11.6 Å². The van der Waals surface area contributed by atoms with Crippen LogP contribution in [0.2, 0.25) is 0 Å². The maximum atomic E-state index is 13.1. The van der Waals surface area contributed by atoms with Crippen LogP contribution >= 0.6 is 11.6 Å². The average molecular weight is 218 g/mol. The van der Waals surface area contributed by atoms with Gasteiger partial charge in [0, 0.05) is 17.5 Å². The standard InChI is InChI=1S/C10H10ClF2N/c11-4-2-1-3-7-5-9(13)10(14)6-8(7)12/h1,3,5-6H,2,4,14H2. The molecule has 0 radical (unpaired) electrons. The van der Waals surface area contributed by atoms with Crippen molar-refractivity contribution < 1.29 is 8.78 Å². The first-order chi connectivity index (χ1) is 6.65. The van der Waals surface area contributed by atoms with Crippen LogP contribution < -0.4 is 5.73 Å². The summed E-state index contributed by atoms with van der Waals surface area (Å²) in [5.41, 5.74) is 5.18. The fourth-order valence-corrected chi connectivity index (χ4v) is 1.10. The van der Waals surface area contributed by atoms with Gasteiger partial charge in [0.2, 0.25) is 0 Å². The Bertz CT molecular complexity index is 350. The summed E-state index contributed by atoms with van der Waals surface area (Å²) in [6, 6.07) is 2.03. The van der Waals surface area contributed by atoms with E-state index in [-0.39, 0.29) is 11.3 Å². The number of alkyl halides is 1. The number of halogens is 3. The maximum Gasteiger partial charge on any atom is 0.146 e. The average Bonchev–Trinajstić information content (AvgIpc) is 2.14. The molecule has 0 aliphatic heterocycles. The molecule has 0 bridgehead atoms. The highest BCUT2D eigenvalue weighted by atomic mass is 35.5. The Kier molecular flexibility index (Phi) is 3.89. The summed E-state index contributed by atoms with van der Waals surface area (Å²) < 4.78 is 26.0. The van der Waals surface area contributed by atoms with Gasteiger partial charge in [0.1, 0.15) is 11.6 Å². The van der Waals surface area contributed by atoms with Crippen LogP contribution in [-0.2, 0) is 0 Å². The van der Waals surface area contributed by atoms with Crippen molar-refractivity contribution in [1.29, 1.82) is 0 Å². The van der Waals surface area contributed by atoms with E-state index in [0.29, 0.717) is 12.3 Å². The highest BCUT2D eigenvalue weighted by Crippen LogP contribution is 2.17. The number of allylic oxidation sites excluding steroid dienone is 1. The summed E-state index contributed by atoms with van der Waals surface area (Å²) in [5, 5.41) is 0. The van der Waals surface area contributed by atoms with Crippen molar-refractivity contribution in [2.75, 3.05) is 11.6 Å². The summed E-state index contributed by atoms with van der Waals surface area (Å²) in [7, 11) is 0. The lowest BCUT2D eigenvalue weighted by Gasteiger charge is -2.00. The van der Waals surface area contributed by atoms with Crippen molar-refractivity contribution in [2.24, 2.45) is 0 Å². The summed E-state index contributed by atoms with van der Waals surface area (Å²) in [6.07, 6.45) is 3.79. The van der Waals surface area contributed by atoms with Crippen LogP contribution in [0.5, 0.6) is 0 Å². The Balaban J connectivity index is 2.92. The van der Waals surface area contributed by atoms with Crippen molar-refractivity contribution in [3.8, 4) is 0 Å². The quantitative estimate of drug-likeness (QED) is 0.611. The first kappa shape index (κ1) is 11.0. The van der Waals surface area contributed by atoms with E-state index < -0.39 is 11.6 Å². The Morgan fingerprint density at radius 1 is 1.29 bits per heavy atom. The van der Waals surface area contributed by atoms with Crippen LogP contribution in [0.25, 0.3) is 6.08 Å². The fraction of sp³-hybridized carbons (Fsp3) is 0.200. The fourth-order valence-electron chi connectivity index (χ4n) is 0.979. The highest BCUT2D eigenvalue weighted by molar-refractivity contribution is 6.17. The van der Waals surface area contributed by atoms with Gasteiger partial charge in [-0.25, -0.2) is 8.78 Å². The third-order valence-electron chi connectivity index (χ3n) is 1.69. The molecular weight excluding hydrogens is 208 g/mol. The molecule has 0 amide bonds. The molecule has 0 unspecified atom stereocenters. The lowest BCUT2D eigenvalue weighted by Crippen LogP contribution is -1.94. The van der Waals surface area contributed by atoms with Gasteiger partial charge in [-0.1, -0.05) is 12.2 Å². The van der Waals surface area contributed by atoms with Crippen molar-refractivity contribution in [1.82, 2.24) is 0 Å². The van der Waals surface area contributed by atoms with Crippen molar-refractivity contribution in [2.45, 2.75) is 6.42 Å². The summed E-state index contributed by atoms with van der Waals surface area (Å²) in [4.78, 5) is 0. The summed E-state index contributed by atoms with van der Waals surface area (Å²) >= 11 is 5.42. The maximum absolute atomic E-state index is 13.1. The number of nitrogen functional groups attached to an aromatic ring is 1. The first-order valence-corrected chi connectivity index (χ1v) is 4.65. The second-order valence-electron chi connectivity index (χ2n) is 2.78. The van der Waals surface area contributed by atoms with Crippen molar-refractivity contribution >= 4 is 23.4 Å². The second kappa shape index (κ2) is 4.96. The zero-order valence-electron chi connectivity index (χ0n) is 7.43. The van der Waals surface area contributed by atoms with Gasteiger partial charge < -0.3 is 5.73 Å². The molecule has 1 aromatic carbocycles. The minimum atomic E-state index is -0.614. The third-order valence-corrected chi connectivity index (χ3v) is 1.91. The van der Waals surface area contributed by atoms with Crippen LogP contribution in [0.4, 0.5) is 14.5 Å². The molecule has 4 heteroatoms. The Labute approximate surface area is 86.2 Å². The number of hydrogen-bond acceptors (Lipinski definition) is 1. The number of benzene rings is 1. The predicted octanol–water partition coefficient (Wildman–Crippen LogP) is 3.19. The normalized spacial score (nSPS) is 11.1. The van der Waals surface area contributed by atoms with Gasteiger partial charge in [-0.2, -0.15) is 0 Å².